The Bertz CT molecular complexity index is 831. The molecule has 2 aliphatic heterocycles. The normalized spacial score (nSPS) is 22.5. The Balaban J connectivity index is 1.24. The molecule has 2 saturated heterocycles. The Morgan fingerprint density at radius 1 is 0.938 bits per heavy atom. The molecule has 32 heavy (non-hydrogen) atoms. The first-order valence-corrected chi connectivity index (χ1v) is 11.6. The van der Waals surface area contributed by atoms with Crippen LogP contribution in [-0.4, -0.2) is 77.5 Å². The highest BCUT2D eigenvalue weighted by molar-refractivity contribution is 6.07. The average molecular weight is 446 g/mol. The third-order valence-electron chi connectivity index (χ3n) is 6.75. The lowest BCUT2D eigenvalue weighted by Crippen LogP contribution is -2.53. The van der Waals surface area contributed by atoms with Crippen LogP contribution in [0.2, 0.25) is 0 Å². The number of benzene rings is 1. The van der Waals surface area contributed by atoms with Crippen molar-refractivity contribution in [2.45, 2.75) is 50.5 Å². The number of hydrogen-bond donors (Lipinski definition) is 2. The van der Waals surface area contributed by atoms with E-state index >= 15 is 0 Å². The van der Waals surface area contributed by atoms with Crippen molar-refractivity contribution in [3.8, 4) is 0 Å². The summed E-state index contributed by atoms with van der Waals surface area (Å²) < 4.78 is 13.0. The molecule has 2 heterocycles. The summed E-state index contributed by atoms with van der Waals surface area (Å²) in [7, 11) is 0. The summed E-state index contributed by atoms with van der Waals surface area (Å²) >= 11 is 0. The molecular weight excluding hydrogens is 413 g/mol. The number of nitrogens with one attached hydrogen (secondary N) is 2. The SMILES string of the molecule is O=C(CN1CCN(CN2C(=O)NC3(CCCCCCC3)C2=O)CC1)Nc1ccc(F)cc1. The van der Waals surface area contributed by atoms with Gasteiger partial charge in [-0.1, -0.05) is 32.1 Å². The summed E-state index contributed by atoms with van der Waals surface area (Å²) in [6, 6.07) is 5.41. The van der Waals surface area contributed by atoms with Crippen molar-refractivity contribution < 1.29 is 18.8 Å². The van der Waals surface area contributed by atoms with Gasteiger partial charge in [0, 0.05) is 31.9 Å². The van der Waals surface area contributed by atoms with Gasteiger partial charge in [-0.05, 0) is 37.1 Å². The Morgan fingerprint density at radius 2 is 1.53 bits per heavy atom. The summed E-state index contributed by atoms with van der Waals surface area (Å²) in [5.41, 5.74) is -0.144. The van der Waals surface area contributed by atoms with E-state index in [1.54, 1.807) is 0 Å². The molecular formula is C23H32FN5O3. The molecule has 4 amide bonds. The fraction of sp³-hybridized carbons (Fsp3) is 0.609. The maximum Gasteiger partial charge on any atom is 0.326 e. The monoisotopic (exact) mass is 445 g/mol. The second-order valence-electron chi connectivity index (χ2n) is 9.10. The van der Waals surface area contributed by atoms with Crippen LogP contribution in [0.3, 0.4) is 0 Å². The van der Waals surface area contributed by atoms with Crippen LogP contribution >= 0.6 is 0 Å². The Morgan fingerprint density at radius 3 is 2.19 bits per heavy atom. The molecule has 8 nitrogen and oxygen atoms in total. The molecule has 1 spiro atoms. The van der Waals surface area contributed by atoms with Crippen LogP contribution < -0.4 is 10.6 Å². The number of amides is 4. The maximum atomic E-state index is 13.2. The highest BCUT2D eigenvalue weighted by Gasteiger charge is 2.50. The van der Waals surface area contributed by atoms with E-state index in [-0.39, 0.29) is 30.2 Å². The fourth-order valence-electron chi connectivity index (χ4n) is 4.88. The van der Waals surface area contributed by atoms with Crippen molar-refractivity contribution in [1.29, 1.82) is 0 Å². The van der Waals surface area contributed by atoms with Crippen molar-refractivity contribution in [2.24, 2.45) is 0 Å². The lowest BCUT2D eigenvalue weighted by Gasteiger charge is -2.36. The summed E-state index contributed by atoms with van der Waals surface area (Å²) in [4.78, 5) is 43.6. The Kier molecular flexibility index (Phi) is 7.05. The zero-order valence-electron chi connectivity index (χ0n) is 18.4. The number of anilines is 1. The summed E-state index contributed by atoms with van der Waals surface area (Å²) in [5, 5.41) is 5.79. The second kappa shape index (κ2) is 9.95. The van der Waals surface area contributed by atoms with Crippen molar-refractivity contribution in [2.75, 3.05) is 44.7 Å². The van der Waals surface area contributed by atoms with Crippen LogP contribution in [0.25, 0.3) is 0 Å². The standard InChI is InChI=1S/C23H32FN5O3/c24-18-6-8-19(9-7-18)25-20(30)16-27-12-14-28(15-13-27)17-29-21(31)23(26-22(29)32)10-4-2-1-3-5-11-23/h6-9H,1-5,10-17H2,(H,25,30)(H,26,32). The molecule has 0 aromatic heterocycles. The van der Waals surface area contributed by atoms with Crippen molar-refractivity contribution >= 4 is 23.5 Å². The van der Waals surface area contributed by atoms with Crippen LogP contribution in [0, 0.1) is 5.82 Å². The Hall–Kier alpha value is -2.52. The van der Waals surface area contributed by atoms with Gasteiger partial charge >= 0.3 is 6.03 Å². The third kappa shape index (κ3) is 5.27. The van der Waals surface area contributed by atoms with Crippen molar-refractivity contribution in [3.63, 3.8) is 0 Å². The number of nitrogens with zero attached hydrogens (tertiary/aromatic N) is 3. The predicted octanol–water partition coefficient (Wildman–Crippen LogP) is 2.37. The number of carbonyl (C=O) groups is 3. The average Bonchev–Trinajstić information content (AvgIpc) is 2.99. The number of imide groups is 1. The van der Waals surface area contributed by atoms with E-state index in [4.69, 9.17) is 0 Å². The van der Waals surface area contributed by atoms with E-state index in [1.165, 1.54) is 35.6 Å². The maximum absolute atomic E-state index is 13.2. The summed E-state index contributed by atoms with van der Waals surface area (Å²) in [6.07, 6.45) is 6.82. The Labute approximate surface area is 188 Å². The molecule has 1 aromatic carbocycles. The minimum Gasteiger partial charge on any atom is -0.325 e. The number of rotatable bonds is 5. The van der Waals surface area contributed by atoms with Gasteiger partial charge in [0.05, 0.1) is 13.2 Å². The van der Waals surface area contributed by atoms with Crippen molar-refractivity contribution in [3.05, 3.63) is 30.1 Å². The zero-order chi connectivity index (χ0) is 22.6. The van der Waals surface area contributed by atoms with Gasteiger partial charge in [0.2, 0.25) is 5.91 Å². The zero-order valence-corrected chi connectivity index (χ0v) is 18.4. The van der Waals surface area contributed by atoms with Crippen molar-refractivity contribution in [1.82, 2.24) is 20.0 Å². The quantitative estimate of drug-likeness (QED) is 0.680. The minimum absolute atomic E-state index is 0.0782. The van der Waals surface area contributed by atoms with Gasteiger partial charge in [0.25, 0.3) is 5.91 Å². The minimum atomic E-state index is -0.711. The first kappa shape index (κ1) is 22.7. The highest BCUT2D eigenvalue weighted by atomic mass is 19.1. The topological polar surface area (TPSA) is 85.0 Å². The smallest absolute Gasteiger partial charge is 0.325 e. The van der Waals surface area contributed by atoms with E-state index in [1.807, 2.05) is 4.90 Å². The summed E-state index contributed by atoms with van der Waals surface area (Å²) in [5.74, 6) is -0.569. The largest absolute Gasteiger partial charge is 0.326 e. The molecule has 4 rings (SSSR count). The number of urea groups is 1. The van der Waals surface area contributed by atoms with Crippen LogP contribution in [0.15, 0.2) is 24.3 Å². The van der Waals surface area contributed by atoms with E-state index in [0.717, 1.165) is 38.5 Å². The van der Waals surface area contributed by atoms with Gasteiger partial charge in [-0.3, -0.25) is 19.4 Å². The number of hydrogen-bond acceptors (Lipinski definition) is 5. The predicted molar refractivity (Wildman–Crippen MR) is 118 cm³/mol. The van der Waals surface area contributed by atoms with E-state index < -0.39 is 5.54 Å². The van der Waals surface area contributed by atoms with E-state index in [0.29, 0.717) is 38.5 Å². The molecule has 3 aliphatic rings. The number of halogens is 1. The molecule has 0 bridgehead atoms. The molecule has 174 valence electrons. The van der Waals surface area contributed by atoms with Crippen LogP contribution in [-0.2, 0) is 9.59 Å². The highest BCUT2D eigenvalue weighted by Crippen LogP contribution is 2.32. The van der Waals surface area contributed by atoms with Crippen LogP contribution in [0.5, 0.6) is 0 Å². The van der Waals surface area contributed by atoms with E-state index in [9.17, 15) is 18.8 Å². The van der Waals surface area contributed by atoms with Gasteiger partial charge < -0.3 is 10.6 Å². The van der Waals surface area contributed by atoms with Gasteiger partial charge in [0.1, 0.15) is 11.4 Å². The lowest BCUT2D eigenvalue weighted by molar-refractivity contribution is -0.133. The molecule has 1 saturated carbocycles. The molecule has 0 radical (unpaired) electrons. The molecule has 9 heteroatoms. The second-order valence-corrected chi connectivity index (χ2v) is 9.10. The third-order valence-corrected chi connectivity index (χ3v) is 6.75. The molecule has 0 atom stereocenters. The van der Waals surface area contributed by atoms with Gasteiger partial charge in [-0.25, -0.2) is 14.1 Å². The van der Waals surface area contributed by atoms with Gasteiger partial charge in [0.15, 0.2) is 0 Å². The van der Waals surface area contributed by atoms with E-state index in [2.05, 4.69) is 15.5 Å². The number of carbonyl (C=O) groups excluding carboxylic acids is 3. The first-order valence-electron chi connectivity index (χ1n) is 11.6. The molecule has 3 fully saturated rings. The van der Waals surface area contributed by atoms with Gasteiger partial charge in [-0.15, -0.1) is 0 Å². The van der Waals surface area contributed by atoms with Crippen LogP contribution in [0.4, 0.5) is 14.9 Å². The molecule has 2 N–H and O–H groups in total. The number of piperazine rings is 1. The molecule has 0 unspecified atom stereocenters. The fourth-order valence-corrected chi connectivity index (χ4v) is 4.88. The molecule has 1 aromatic rings. The lowest BCUT2D eigenvalue weighted by atomic mass is 9.84. The van der Waals surface area contributed by atoms with Gasteiger partial charge in [-0.2, -0.15) is 0 Å². The van der Waals surface area contributed by atoms with Crippen LogP contribution in [0.1, 0.15) is 44.9 Å². The summed E-state index contributed by atoms with van der Waals surface area (Å²) in [6.45, 7) is 3.23. The molecule has 1 aliphatic carbocycles. The first-order chi connectivity index (χ1) is 15.4.